The van der Waals surface area contributed by atoms with Gasteiger partial charge >= 0.3 is 0 Å². The Kier molecular flexibility index (Phi) is 5.83. The predicted octanol–water partition coefficient (Wildman–Crippen LogP) is 3.19. The van der Waals surface area contributed by atoms with E-state index in [4.69, 9.17) is 0 Å². The number of carbonyl (C=O) groups excluding carboxylic acids is 2. The summed E-state index contributed by atoms with van der Waals surface area (Å²) in [5.74, 6) is 0. The van der Waals surface area contributed by atoms with Gasteiger partial charge in [0, 0.05) is 29.7 Å². The number of hydrogen-bond acceptors (Lipinski definition) is 3. The van der Waals surface area contributed by atoms with Crippen LogP contribution in [0.4, 0.5) is 5.69 Å². The number of aryl methyl sites for hydroxylation is 2. The highest BCUT2D eigenvalue weighted by atomic mass is 16.1. The fourth-order valence-corrected chi connectivity index (χ4v) is 2.38. The molecule has 0 saturated carbocycles. The van der Waals surface area contributed by atoms with Crippen LogP contribution in [0.25, 0.3) is 0 Å². The summed E-state index contributed by atoms with van der Waals surface area (Å²) in [4.78, 5) is 26.6. The molecule has 0 atom stereocenters. The summed E-state index contributed by atoms with van der Waals surface area (Å²) in [5, 5.41) is 0. The van der Waals surface area contributed by atoms with Crippen LogP contribution in [0.3, 0.4) is 0 Å². The minimum Gasteiger partial charge on any atom is -0.315 e. The van der Waals surface area contributed by atoms with Gasteiger partial charge in [-0.1, -0.05) is 18.2 Å². The highest BCUT2D eigenvalue weighted by Gasteiger charge is 2.12. The van der Waals surface area contributed by atoms with Crippen molar-refractivity contribution < 1.29 is 9.59 Å². The van der Waals surface area contributed by atoms with Gasteiger partial charge in [0.25, 0.3) is 0 Å². The molecule has 2 aromatic rings. The lowest BCUT2D eigenvalue weighted by molar-refractivity contribution is -0.107. The monoisotopic (exact) mass is 296 g/mol. The SMILES string of the molecule is Cc1ccc(C=O)cn1.O=CN1CCCCc2ccccc21. The Hall–Kier alpha value is -2.49. The molecule has 0 radical (unpaired) electrons. The molecule has 0 fully saturated rings. The maximum Gasteiger partial charge on any atom is 0.214 e. The molecule has 22 heavy (non-hydrogen) atoms. The zero-order valence-electron chi connectivity index (χ0n) is 12.7. The molecule has 4 nitrogen and oxygen atoms in total. The van der Waals surface area contributed by atoms with Crippen LogP contribution in [0.15, 0.2) is 42.6 Å². The zero-order chi connectivity index (χ0) is 15.8. The highest BCUT2D eigenvalue weighted by Crippen LogP contribution is 2.24. The zero-order valence-corrected chi connectivity index (χ0v) is 12.7. The van der Waals surface area contributed by atoms with Crippen LogP contribution in [-0.2, 0) is 11.2 Å². The lowest BCUT2D eigenvalue weighted by Gasteiger charge is -2.16. The summed E-state index contributed by atoms with van der Waals surface area (Å²) >= 11 is 0. The minimum atomic E-state index is 0.626. The molecule has 1 aliphatic rings. The third-order valence-electron chi connectivity index (χ3n) is 3.59. The number of rotatable bonds is 2. The first-order chi connectivity index (χ1) is 10.7. The third-order valence-corrected chi connectivity index (χ3v) is 3.59. The van der Waals surface area contributed by atoms with E-state index in [2.05, 4.69) is 11.1 Å². The van der Waals surface area contributed by atoms with Crippen molar-refractivity contribution in [3.63, 3.8) is 0 Å². The molecular weight excluding hydrogens is 276 g/mol. The van der Waals surface area contributed by atoms with Crippen LogP contribution < -0.4 is 4.90 Å². The molecule has 1 amide bonds. The van der Waals surface area contributed by atoms with Gasteiger partial charge in [0.2, 0.25) is 6.41 Å². The normalized spacial score (nSPS) is 13.2. The van der Waals surface area contributed by atoms with E-state index in [0.29, 0.717) is 5.56 Å². The van der Waals surface area contributed by atoms with Crippen LogP contribution in [0.2, 0.25) is 0 Å². The fourth-order valence-electron chi connectivity index (χ4n) is 2.38. The fraction of sp³-hybridized carbons (Fsp3) is 0.278. The number of carbonyl (C=O) groups is 2. The molecule has 1 aliphatic heterocycles. The lowest BCUT2D eigenvalue weighted by Crippen LogP contribution is -2.21. The van der Waals surface area contributed by atoms with Crippen molar-refractivity contribution in [1.29, 1.82) is 0 Å². The van der Waals surface area contributed by atoms with Gasteiger partial charge in [0.1, 0.15) is 0 Å². The summed E-state index contributed by atoms with van der Waals surface area (Å²) in [6.45, 7) is 2.75. The second-order valence-electron chi connectivity index (χ2n) is 5.24. The number of amides is 1. The number of fused-ring (bicyclic) bond motifs is 1. The van der Waals surface area contributed by atoms with E-state index < -0.39 is 0 Å². The average Bonchev–Trinajstić information content (AvgIpc) is 2.78. The van der Waals surface area contributed by atoms with Gasteiger partial charge in [-0.05, 0) is 49.9 Å². The van der Waals surface area contributed by atoms with E-state index in [9.17, 15) is 9.59 Å². The Morgan fingerprint density at radius 2 is 1.91 bits per heavy atom. The molecule has 0 unspecified atom stereocenters. The Labute approximate surface area is 130 Å². The van der Waals surface area contributed by atoms with E-state index in [1.165, 1.54) is 12.0 Å². The molecule has 0 saturated heterocycles. The number of aldehydes is 1. The van der Waals surface area contributed by atoms with Crippen LogP contribution in [0.5, 0.6) is 0 Å². The molecule has 2 heterocycles. The van der Waals surface area contributed by atoms with Gasteiger partial charge in [-0.3, -0.25) is 14.6 Å². The van der Waals surface area contributed by atoms with Gasteiger partial charge < -0.3 is 4.90 Å². The van der Waals surface area contributed by atoms with Crippen molar-refractivity contribution >= 4 is 18.4 Å². The van der Waals surface area contributed by atoms with Crippen LogP contribution in [0, 0.1) is 6.92 Å². The van der Waals surface area contributed by atoms with Gasteiger partial charge in [-0.15, -0.1) is 0 Å². The largest absolute Gasteiger partial charge is 0.315 e. The van der Waals surface area contributed by atoms with Crippen molar-refractivity contribution in [2.24, 2.45) is 0 Å². The summed E-state index contributed by atoms with van der Waals surface area (Å²) in [6, 6.07) is 11.7. The molecule has 114 valence electrons. The maximum atomic E-state index is 10.8. The molecule has 0 spiro atoms. The molecular formula is C18H20N2O2. The number of anilines is 1. The molecule has 0 bridgehead atoms. The van der Waals surface area contributed by atoms with Gasteiger partial charge in [0.15, 0.2) is 6.29 Å². The summed E-state index contributed by atoms with van der Waals surface area (Å²) in [7, 11) is 0. The van der Waals surface area contributed by atoms with Crippen LogP contribution >= 0.6 is 0 Å². The molecule has 3 rings (SSSR count). The second-order valence-corrected chi connectivity index (χ2v) is 5.24. The molecule has 1 aromatic carbocycles. The lowest BCUT2D eigenvalue weighted by atomic mass is 10.1. The van der Waals surface area contributed by atoms with E-state index in [0.717, 1.165) is 43.5 Å². The molecule has 1 aromatic heterocycles. The van der Waals surface area contributed by atoms with Crippen LogP contribution in [0.1, 0.15) is 34.5 Å². The number of para-hydroxylation sites is 1. The van der Waals surface area contributed by atoms with Crippen molar-refractivity contribution in [3.05, 3.63) is 59.4 Å². The van der Waals surface area contributed by atoms with Crippen molar-refractivity contribution in [3.8, 4) is 0 Å². The van der Waals surface area contributed by atoms with Gasteiger partial charge in [-0.2, -0.15) is 0 Å². The Morgan fingerprint density at radius 3 is 2.59 bits per heavy atom. The van der Waals surface area contributed by atoms with E-state index in [1.807, 2.05) is 36.1 Å². The molecule has 0 aliphatic carbocycles. The Morgan fingerprint density at radius 1 is 1.09 bits per heavy atom. The highest BCUT2D eigenvalue weighted by molar-refractivity contribution is 5.77. The maximum absolute atomic E-state index is 10.8. The smallest absolute Gasteiger partial charge is 0.214 e. The van der Waals surface area contributed by atoms with Crippen LogP contribution in [-0.4, -0.2) is 24.2 Å². The van der Waals surface area contributed by atoms with E-state index in [1.54, 1.807) is 12.3 Å². The summed E-state index contributed by atoms with van der Waals surface area (Å²) in [5.41, 5.74) is 3.95. The first kappa shape index (κ1) is 15.9. The first-order valence-electron chi connectivity index (χ1n) is 7.42. The number of benzene rings is 1. The Balaban J connectivity index is 0.000000172. The standard InChI is InChI=1S/C11H13NO.C7H7NO/c13-9-12-8-4-3-6-10-5-1-2-7-11(10)12;1-6-2-3-7(5-9)4-8-6/h1-2,5,7,9H,3-4,6,8H2;2-5H,1H3. The number of pyridine rings is 1. The quantitative estimate of drug-likeness (QED) is 0.800. The predicted molar refractivity (Wildman–Crippen MR) is 87.2 cm³/mol. The molecule has 0 N–H and O–H groups in total. The van der Waals surface area contributed by atoms with Gasteiger partial charge in [-0.25, -0.2) is 0 Å². The number of hydrogen-bond donors (Lipinski definition) is 0. The van der Waals surface area contributed by atoms with E-state index in [-0.39, 0.29) is 0 Å². The van der Waals surface area contributed by atoms with Gasteiger partial charge in [0.05, 0.1) is 0 Å². The summed E-state index contributed by atoms with van der Waals surface area (Å²) < 4.78 is 0. The Bertz CT molecular complexity index is 623. The third kappa shape index (κ3) is 4.25. The minimum absolute atomic E-state index is 0.626. The second kappa shape index (κ2) is 8.08. The van der Waals surface area contributed by atoms with Crippen molar-refractivity contribution in [2.45, 2.75) is 26.2 Å². The van der Waals surface area contributed by atoms with Crippen molar-refractivity contribution in [1.82, 2.24) is 4.98 Å². The first-order valence-corrected chi connectivity index (χ1v) is 7.42. The van der Waals surface area contributed by atoms with E-state index >= 15 is 0 Å². The molecule has 4 heteroatoms. The topological polar surface area (TPSA) is 50.3 Å². The summed E-state index contributed by atoms with van der Waals surface area (Å²) in [6.07, 6.45) is 6.66. The number of nitrogens with zero attached hydrogens (tertiary/aromatic N) is 2. The van der Waals surface area contributed by atoms with Crippen molar-refractivity contribution in [2.75, 3.05) is 11.4 Å². The average molecular weight is 296 g/mol. The number of aromatic nitrogens is 1.